The molecule has 0 unspecified atom stereocenters. The van der Waals surface area contributed by atoms with Gasteiger partial charge in [-0.3, -0.25) is 9.62 Å². The van der Waals surface area contributed by atoms with Gasteiger partial charge in [-0.2, -0.15) is 0 Å². The van der Waals surface area contributed by atoms with E-state index in [0.29, 0.717) is 18.7 Å². The van der Waals surface area contributed by atoms with Gasteiger partial charge in [0.25, 0.3) is 10.0 Å². The molecule has 6 nitrogen and oxygen atoms in total. The lowest BCUT2D eigenvalue weighted by atomic mass is 9.96. The zero-order valence-electron chi connectivity index (χ0n) is 17.6. The molecule has 1 aliphatic carbocycles. The number of fused-ring (bicyclic) bond motifs is 1. The van der Waals surface area contributed by atoms with Crippen LogP contribution in [-0.2, 0) is 16.4 Å². The molecule has 4 rings (SSSR count). The zero-order chi connectivity index (χ0) is 21.3. The van der Waals surface area contributed by atoms with Gasteiger partial charge in [-0.1, -0.05) is 37.5 Å². The highest BCUT2D eigenvalue weighted by Gasteiger charge is 2.28. The first-order valence-corrected chi connectivity index (χ1v) is 12.1. The van der Waals surface area contributed by atoms with Crippen LogP contribution >= 0.6 is 0 Å². The van der Waals surface area contributed by atoms with Crippen LogP contribution in [-0.4, -0.2) is 27.0 Å². The number of carbonyl (C=O) groups excluding carboxylic acids is 1. The summed E-state index contributed by atoms with van der Waals surface area (Å²) in [7, 11) is -3.71. The first kappa shape index (κ1) is 20.7. The number of aryl methyl sites for hydroxylation is 2. The predicted octanol–water partition coefficient (Wildman–Crippen LogP) is 4.51. The second kappa shape index (κ2) is 8.30. The number of para-hydroxylation sites is 1. The molecule has 0 bridgehead atoms. The fraction of sp³-hybridized carbons (Fsp3) is 0.435. The number of amides is 2. The van der Waals surface area contributed by atoms with E-state index in [9.17, 15) is 13.2 Å². The Balaban J connectivity index is 1.52. The highest BCUT2D eigenvalue weighted by atomic mass is 32.2. The molecular formula is C23H29N3O3S. The molecule has 1 heterocycles. The molecule has 0 aromatic heterocycles. The van der Waals surface area contributed by atoms with Gasteiger partial charge in [0.2, 0.25) is 0 Å². The fourth-order valence-electron chi connectivity index (χ4n) is 4.42. The summed E-state index contributed by atoms with van der Waals surface area (Å²) in [5.41, 5.74) is 4.06. The average molecular weight is 428 g/mol. The number of sulfonamides is 1. The molecule has 0 radical (unpaired) electrons. The van der Waals surface area contributed by atoms with E-state index in [-0.39, 0.29) is 17.0 Å². The number of hydrogen-bond donors (Lipinski definition) is 2. The summed E-state index contributed by atoms with van der Waals surface area (Å²) in [6, 6.07) is 10.9. The molecule has 0 atom stereocenters. The van der Waals surface area contributed by atoms with Gasteiger partial charge in [-0.05, 0) is 68.0 Å². The summed E-state index contributed by atoms with van der Waals surface area (Å²) in [6.45, 7) is 4.34. The van der Waals surface area contributed by atoms with Gasteiger partial charge >= 0.3 is 6.03 Å². The number of urea groups is 1. The highest BCUT2D eigenvalue weighted by Crippen LogP contribution is 2.32. The normalized spacial score (nSPS) is 16.9. The van der Waals surface area contributed by atoms with Crippen molar-refractivity contribution in [2.45, 2.75) is 63.3 Å². The van der Waals surface area contributed by atoms with Crippen molar-refractivity contribution < 1.29 is 13.2 Å². The fourth-order valence-corrected chi connectivity index (χ4v) is 5.68. The smallest absolute Gasteiger partial charge is 0.322 e. The zero-order valence-corrected chi connectivity index (χ0v) is 18.4. The van der Waals surface area contributed by atoms with E-state index in [1.54, 1.807) is 23.1 Å². The van der Waals surface area contributed by atoms with E-state index in [0.717, 1.165) is 48.1 Å². The molecule has 0 saturated heterocycles. The molecule has 0 spiro atoms. The van der Waals surface area contributed by atoms with Crippen LogP contribution in [0.5, 0.6) is 0 Å². The number of nitrogens with zero attached hydrogens (tertiary/aromatic N) is 1. The number of benzene rings is 2. The van der Waals surface area contributed by atoms with Crippen molar-refractivity contribution in [1.82, 2.24) is 5.32 Å². The van der Waals surface area contributed by atoms with Crippen LogP contribution in [0.15, 0.2) is 41.3 Å². The van der Waals surface area contributed by atoms with Crippen LogP contribution in [0.4, 0.5) is 16.2 Å². The first-order valence-electron chi connectivity index (χ1n) is 10.6. The minimum Gasteiger partial charge on any atom is -0.335 e. The lowest BCUT2D eigenvalue weighted by molar-refractivity contribution is 0.238. The van der Waals surface area contributed by atoms with Crippen LogP contribution in [0.1, 0.15) is 48.8 Å². The Bertz CT molecular complexity index is 1040. The van der Waals surface area contributed by atoms with Crippen LogP contribution in [0.2, 0.25) is 0 Å². The minimum atomic E-state index is -3.71. The molecule has 30 heavy (non-hydrogen) atoms. The lowest BCUT2D eigenvalue weighted by Crippen LogP contribution is -2.45. The van der Waals surface area contributed by atoms with Gasteiger partial charge in [0.05, 0.1) is 10.6 Å². The summed E-state index contributed by atoms with van der Waals surface area (Å²) in [5, 5.41) is 3.15. The third kappa shape index (κ3) is 4.17. The standard InChI is InChI=1S/C23H29N3O3S/c1-16-7-6-8-17(2)22(16)25-30(28,29)20-11-12-21-18(15-20)13-14-26(21)23(27)24-19-9-4-3-5-10-19/h6-8,11-12,15,19,25H,3-5,9-10,13-14H2,1-2H3,(H,24,27). The summed E-state index contributed by atoms with van der Waals surface area (Å²) < 4.78 is 28.7. The topological polar surface area (TPSA) is 78.5 Å². The summed E-state index contributed by atoms with van der Waals surface area (Å²) in [5.74, 6) is 0. The maximum Gasteiger partial charge on any atom is 0.322 e. The van der Waals surface area contributed by atoms with Crippen LogP contribution in [0.3, 0.4) is 0 Å². The van der Waals surface area contributed by atoms with Crippen molar-refractivity contribution in [3.8, 4) is 0 Å². The van der Waals surface area contributed by atoms with Crippen LogP contribution in [0, 0.1) is 13.8 Å². The number of rotatable bonds is 4. The molecule has 2 aromatic rings. The Kier molecular flexibility index (Phi) is 5.73. The van der Waals surface area contributed by atoms with E-state index < -0.39 is 10.0 Å². The van der Waals surface area contributed by atoms with Crippen molar-refractivity contribution in [2.75, 3.05) is 16.2 Å². The molecular weight excluding hydrogens is 398 g/mol. The van der Waals surface area contributed by atoms with Crippen molar-refractivity contribution in [2.24, 2.45) is 0 Å². The molecule has 7 heteroatoms. The Morgan fingerprint density at radius 1 is 1.03 bits per heavy atom. The van der Waals surface area contributed by atoms with Gasteiger partial charge in [0.15, 0.2) is 0 Å². The van der Waals surface area contributed by atoms with Gasteiger partial charge < -0.3 is 5.32 Å². The highest BCUT2D eigenvalue weighted by molar-refractivity contribution is 7.92. The van der Waals surface area contributed by atoms with Gasteiger partial charge in [-0.25, -0.2) is 13.2 Å². The number of hydrogen-bond acceptors (Lipinski definition) is 3. The third-order valence-electron chi connectivity index (χ3n) is 6.15. The van der Waals surface area contributed by atoms with Crippen LogP contribution < -0.4 is 14.9 Å². The van der Waals surface area contributed by atoms with E-state index >= 15 is 0 Å². The molecule has 2 amide bonds. The molecule has 2 aromatic carbocycles. The van der Waals surface area contributed by atoms with Crippen molar-refractivity contribution in [3.63, 3.8) is 0 Å². The van der Waals surface area contributed by atoms with Crippen molar-refractivity contribution >= 4 is 27.4 Å². The monoisotopic (exact) mass is 427 g/mol. The Morgan fingerprint density at radius 2 is 1.73 bits per heavy atom. The van der Waals surface area contributed by atoms with Crippen molar-refractivity contribution in [3.05, 3.63) is 53.1 Å². The summed E-state index contributed by atoms with van der Waals surface area (Å²) >= 11 is 0. The number of carbonyl (C=O) groups is 1. The second-order valence-corrected chi connectivity index (χ2v) is 10.0. The molecule has 1 saturated carbocycles. The summed E-state index contributed by atoms with van der Waals surface area (Å²) in [4.78, 5) is 14.7. The average Bonchev–Trinajstić information content (AvgIpc) is 3.15. The number of nitrogens with one attached hydrogen (secondary N) is 2. The van der Waals surface area contributed by atoms with E-state index in [4.69, 9.17) is 0 Å². The maximum atomic E-state index is 13.0. The Hall–Kier alpha value is -2.54. The Labute approximate surface area is 178 Å². The second-order valence-electron chi connectivity index (χ2n) is 8.35. The quantitative estimate of drug-likeness (QED) is 0.754. The van der Waals surface area contributed by atoms with E-state index in [1.165, 1.54) is 6.42 Å². The van der Waals surface area contributed by atoms with Gasteiger partial charge in [0.1, 0.15) is 0 Å². The maximum absolute atomic E-state index is 13.0. The minimum absolute atomic E-state index is 0.0788. The van der Waals surface area contributed by atoms with E-state index in [2.05, 4.69) is 10.0 Å². The molecule has 1 fully saturated rings. The molecule has 2 N–H and O–H groups in total. The van der Waals surface area contributed by atoms with Gasteiger partial charge in [0, 0.05) is 18.3 Å². The molecule has 1 aliphatic heterocycles. The molecule has 160 valence electrons. The lowest BCUT2D eigenvalue weighted by Gasteiger charge is -2.26. The molecule has 2 aliphatic rings. The largest absolute Gasteiger partial charge is 0.335 e. The Morgan fingerprint density at radius 3 is 2.43 bits per heavy atom. The van der Waals surface area contributed by atoms with Crippen LogP contribution in [0.25, 0.3) is 0 Å². The third-order valence-corrected chi connectivity index (χ3v) is 7.50. The van der Waals surface area contributed by atoms with E-state index in [1.807, 2.05) is 32.0 Å². The number of anilines is 2. The summed E-state index contributed by atoms with van der Waals surface area (Å²) in [6.07, 6.45) is 6.29. The van der Waals surface area contributed by atoms with Crippen molar-refractivity contribution in [1.29, 1.82) is 0 Å². The SMILES string of the molecule is Cc1cccc(C)c1NS(=O)(=O)c1ccc2c(c1)CCN2C(=O)NC1CCCCC1. The first-order chi connectivity index (χ1) is 14.3. The predicted molar refractivity (Wildman–Crippen MR) is 120 cm³/mol. The van der Waals surface area contributed by atoms with Gasteiger partial charge in [-0.15, -0.1) is 0 Å².